The number of alkyl halides is 3. The van der Waals surface area contributed by atoms with Crippen molar-refractivity contribution in [2.24, 2.45) is 0 Å². The largest absolute Gasteiger partial charge is 0.495 e. The van der Waals surface area contributed by atoms with Gasteiger partial charge in [0.05, 0.1) is 24.1 Å². The molecular weight excluding hydrogens is 643 g/mol. The molecule has 3 aromatic carbocycles. The number of halogens is 3. The molecule has 0 saturated carbocycles. The lowest BCUT2D eigenvalue weighted by Gasteiger charge is -2.36. The molecule has 12 heteroatoms. The van der Waals surface area contributed by atoms with Crippen LogP contribution in [-0.2, 0) is 23.9 Å². The molecule has 2 heterocycles. The van der Waals surface area contributed by atoms with Crippen molar-refractivity contribution in [2.75, 3.05) is 38.2 Å². The maximum absolute atomic E-state index is 13.3. The van der Waals surface area contributed by atoms with E-state index in [9.17, 15) is 27.9 Å². The van der Waals surface area contributed by atoms with Gasteiger partial charge in [-0.15, -0.1) is 11.3 Å². The van der Waals surface area contributed by atoms with Gasteiger partial charge >= 0.3 is 12.1 Å². The molecule has 0 radical (unpaired) electrons. The fraction of sp³-hybridized carbons (Fsp3) is 0.361. The van der Waals surface area contributed by atoms with Gasteiger partial charge in [0.15, 0.2) is 11.4 Å². The molecule has 0 amide bonds. The van der Waals surface area contributed by atoms with E-state index < -0.39 is 23.3 Å². The minimum absolute atomic E-state index is 0.0944. The quantitative estimate of drug-likeness (QED) is 0.154. The summed E-state index contributed by atoms with van der Waals surface area (Å²) in [4.78, 5) is 35.2. The fourth-order valence-electron chi connectivity index (χ4n) is 5.50. The van der Waals surface area contributed by atoms with E-state index in [0.717, 1.165) is 60.3 Å². The predicted octanol–water partition coefficient (Wildman–Crippen LogP) is 7.53. The van der Waals surface area contributed by atoms with Crippen LogP contribution >= 0.6 is 11.3 Å². The van der Waals surface area contributed by atoms with Crippen LogP contribution < -0.4 is 14.4 Å². The molecule has 0 bridgehead atoms. The van der Waals surface area contributed by atoms with Gasteiger partial charge in [0.1, 0.15) is 16.5 Å². The number of nitrogens with zero attached hydrogens (tertiary/aromatic N) is 3. The van der Waals surface area contributed by atoms with Crippen LogP contribution in [0, 0.1) is 6.92 Å². The Kier molecular flexibility index (Phi) is 10.4. The molecule has 1 N–H and O–H groups in total. The molecule has 254 valence electrons. The van der Waals surface area contributed by atoms with Gasteiger partial charge in [0.25, 0.3) is 0 Å². The molecule has 1 fully saturated rings. The highest BCUT2D eigenvalue weighted by molar-refractivity contribution is 7.15. The summed E-state index contributed by atoms with van der Waals surface area (Å²) in [6.07, 6.45) is -3.82. The van der Waals surface area contributed by atoms with Gasteiger partial charge in [-0.05, 0) is 75.2 Å². The molecule has 0 atom stereocenters. The lowest BCUT2D eigenvalue weighted by Crippen LogP contribution is -2.46. The number of hydrogen-bond donors (Lipinski definition) is 1. The molecule has 0 unspecified atom stereocenters. The fourth-order valence-corrected chi connectivity index (χ4v) is 6.58. The van der Waals surface area contributed by atoms with Crippen molar-refractivity contribution < 1.29 is 37.3 Å². The Hall–Kier alpha value is -4.42. The number of aryl methyl sites for hydroxylation is 2. The van der Waals surface area contributed by atoms with E-state index in [-0.39, 0.29) is 12.2 Å². The number of aliphatic carboxylic acids is 1. The standard InChI is InChI=1S/C36H38F3N3O5S/c1-23-21-25(11-15-30(23)47-35(2,3)34(44)45)29(43)14-16-32-27(40-33(48-32)24-9-12-26(13-10-24)36(37,38)39)22-41-17-19-42(20-18-41)28-7-5-6-8-31(28)46-4/h5-13,15,21H,14,16-20,22H2,1-4H3,(H,44,45). The van der Waals surface area contributed by atoms with Crippen molar-refractivity contribution in [3.8, 4) is 22.1 Å². The Labute approximate surface area is 281 Å². The zero-order chi connectivity index (χ0) is 34.6. The monoisotopic (exact) mass is 681 g/mol. The van der Waals surface area contributed by atoms with Crippen molar-refractivity contribution >= 4 is 28.8 Å². The Morgan fingerprint density at radius 2 is 1.65 bits per heavy atom. The van der Waals surface area contributed by atoms with Crippen molar-refractivity contribution in [3.05, 3.63) is 94.0 Å². The summed E-state index contributed by atoms with van der Waals surface area (Å²) >= 11 is 1.39. The number of carboxylic acid groups (broad SMARTS) is 1. The van der Waals surface area contributed by atoms with Crippen LogP contribution in [0.2, 0.25) is 0 Å². The van der Waals surface area contributed by atoms with E-state index in [0.29, 0.717) is 40.4 Å². The number of ketones is 1. The van der Waals surface area contributed by atoms with Crippen LogP contribution in [-0.4, -0.2) is 65.6 Å². The number of rotatable bonds is 12. The van der Waals surface area contributed by atoms with Crippen molar-refractivity contribution in [3.63, 3.8) is 0 Å². The first-order valence-electron chi connectivity index (χ1n) is 15.6. The molecule has 0 aliphatic carbocycles. The van der Waals surface area contributed by atoms with E-state index in [1.807, 2.05) is 24.3 Å². The molecule has 48 heavy (non-hydrogen) atoms. The molecule has 5 rings (SSSR count). The Morgan fingerprint density at radius 3 is 2.27 bits per heavy atom. The zero-order valence-electron chi connectivity index (χ0n) is 27.3. The van der Waals surface area contributed by atoms with Gasteiger partial charge in [0, 0.05) is 55.1 Å². The molecule has 4 aromatic rings. The number of benzene rings is 3. The number of carbonyl (C=O) groups excluding carboxylic acids is 1. The molecule has 1 aromatic heterocycles. The summed E-state index contributed by atoms with van der Waals surface area (Å²) in [5.74, 6) is 0.00936. The molecule has 1 aliphatic rings. The van der Waals surface area contributed by atoms with Gasteiger partial charge < -0.3 is 19.5 Å². The third kappa shape index (κ3) is 8.16. The number of para-hydroxylation sites is 2. The van der Waals surface area contributed by atoms with E-state index in [4.69, 9.17) is 14.5 Å². The smallest absolute Gasteiger partial charge is 0.416 e. The van der Waals surface area contributed by atoms with Gasteiger partial charge in [-0.25, -0.2) is 9.78 Å². The Morgan fingerprint density at radius 1 is 0.958 bits per heavy atom. The topological polar surface area (TPSA) is 92.2 Å². The van der Waals surface area contributed by atoms with Gasteiger partial charge in [0.2, 0.25) is 0 Å². The third-order valence-electron chi connectivity index (χ3n) is 8.37. The van der Waals surface area contributed by atoms with E-state index in [1.54, 1.807) is 32.2 Å². The summed E-state index contributed by atoms with van der Waals surface area (Å²) in [6.45, 7) is 8.34. The summed E-state index contributed by atoms with van der Waals surface area (Å²) in [5, 5.41) is 10.0. The first-order chi connectivity index (χ1) is 22.7. The lowest BCUT2D eigenvalue weighted by atomic mass is 10.0. The van der Waals surface area contributed by atoms with Crippen LogP contribution in [0.1, 0.15) is 52.3 Å². The normalized spacial score (nSPS) is 14.2. The third-order valence-corrected chi connectivity index (χ3v) is 9.57. The number of carboxylic acids is 1. The zero-order valence-corrected chi connectivity index (χ0v) is 28.1. The van der Waals surface area contributed by atoms with E-state index in [1.165, 1.54) is 37.3 Å². The maximum Gasteiger partial charge on any atom is 0.416 e. The first-order valence-corrected chi connectivity index (χ1v) is 16.4. The SMILES string of the molecule is COc1ccccc1N1CCN(Cc2nc(-c3ccc(C(F)(F)F)cc3)sc2CCC(=O)c2ccc(OC(C)(C)C(=O)O)c(C)c2)CC1. The highest BCUT2D eigenvalue weighted by atomic mass is 32.1. The van der Waals surface area contributed by atoms with E-state index in [2.05, 4.69) is 9.80 Å². The molecule has 1 saturated heterocycles. The second-order valence-corrected chi connectivity index (χ2v) is 13.3. The minimum Gasteiger partial charge on any atom is -0.495 e. The van der Waals surface area contributed by atoms with Crippen molar-refractivity contribution in [1.29, 1.82) is 0 Å². The Balaban J connectivity index is 1.32. The summed E-state index contributed by atoms with van der Waals surface area (Å²) < 4.78 is 50.8. The van der Waals surface area contributed by atoms with Crippen LogP contribution in [0.5, 0.6) is 11.5 Å². The number of Topliss-reactive ketones (excluding diaryl/α,β-unsaturated/α-hetero) is 1. The minimum atomic E-state index is -4.43. The van der Waals surface area contributed by atoms with Crippen molar-refractivity contribution in [1.82, 2.24) is 9.88 Å². The lowest BCUT2D eigenvalue weighted by molar-refractivity contribution is -0.152. The predicted molar refractivity (Wildman–Crippen MR) is 179 cm³/mol. The number of methoxy groups -OCH3 is 1. The number of anilines is 1. The number of hydrogen-bond acceptors (Lipinski definition) is 8. The van der Waals surface area contributed by atoms with Crippen LogP contribution in [0.15, 0.2) is 66.7 Å². The number of aromatic nitrogens is 1. The number of ether oxygens (including phenoxy) is 2. The summed E-state index contributed by atoms with van der Waals surface area (Å²) in [5.41, 5.74) is 1.41. The van der Waals surface area contributed by atoms with Crippen LogP contribution in [0.3, 0.4) is 0 Å². The first kappa shape index (κ1) is 34.9. The number of thiazole rings is 1. The van der Waals surface area contributed by atoms with E-state index >= 15 is 0 Å². The number of carbonyl (C=O) groups is 2. The average Bonchev–Trinajstić information content (AvgIpc) is 3.46. The maximum atomic E-state index is 13.3. The molecule has 1 aliphatic heterocycles. The molecule has 0 spiro atoms. The second-order valence-electron chi connectivity index (χ2n) is 12.2. The second kappa shape index (κ2) is 14.4. The number of piperazine rings is 1. The van der Waals surface area contributed by atoms with Gasteiger partial charge in [-0.3, -0.25) is 9.69 Å². The van der Waals surface area contributed by atoms with Crippen molar-refractivity contribution in [2.45, 2.75) is 51.9 Å². The summed E-state index contributed by atoms with van der Waals surface area (Å²) in [7, 11) is 1.66. The Bertz CT molecular complexity index is 1760. The van der Waals surface area contributed by atoms with Gasteiger partial charge in [-0.1, -0.05) is 24.3 Å². The average molecular weight is 682 g/mol. The molecule has 8 nitrogen and oxygen atoms in total. The highest BCUT2D eigenvalue weighted by Crippen LogP contribution is 2.35. The van der Waals surface area contributed by atoms with Crippen LogP contribution in [0.25, 0.3) is 10.6 Å². The van der Waals surface area contributed by atoms with Crippen LogP contribution in [0.4, 0.5) is 18.9 Å². The van der Waals surface area contributed by atoms with Gasteiger partial charge in [-0.2, -0.15) is 13.2 Å². The molecular formula is C36H38F3N3O5S. The highest BCUT2D eigenvalue weighted by Gasteiger charge is 2.31. The summed E-state index contributed by atoms with van der Waals surface area (Å²) in [6, 6.07) is 17.8.